The van der Waals surface area contributed by atoms with Crippen molar-refractivity contribution in [2.24, 2.45) is 0 Å². The summed E-state index contributed by atoms with van der Waals surface area (Å²) in [4.78, 5) is 27.9. The summed E-state index contributed by atoms with van der Waals surface area (Å²) in [6.45, 7) is 2.40. The first kappa shape index (κ1) is 16.8. The van der Waals surface area contributed by atoms with E-state index in [1.54, 1.807) is 24.5 Å². The van der Waals surface area contributed by atoms with Crippen LogP contribution in [-0.4, -0.2) is 30.1 Å². The van der Waals surface area contributed by atoms with Crippen LogP contribution in [0.15, 0.2) is 42.7 Å². The van der Waals surface area contributed by atoms with Gasteiger partial charge in [-0.1, -0.05) is 18.2 Å². The number of benzene rings is 1. The molecule has 1 aliphatic heterocycles. The Hall–Kier alpha value is -3.09. The summed E-state index contributed by atoms with van der Waals surface area (Å²) in [6, 6.07) is 8.79. The van der Waals surface area contributed by atoms with Crippen molar-refractivity contribution in [3.05, 3.63) is 53.9 Å². The first-order valence-electron chi connectivity index (χ1n) is 8.10. The minimum atomic E-state index is -0.388. The van der Waals surface area contributed by atoms with Crippen molar-refractivity contribution < 1.29 is 14.3 Å². The molecule has 3 N–H and O–H groups in total. The second-order valence-corrected chi connectivity index (χ2v) is 5.80. The number of carbonyl (C=O) groups excluding carboxylic acids is 2. The van der Waals surface area contributed by atoms with Gasteiger partial charge in [0, 0.05) is 18.2 Å². The fourth-order valence-electron chi connectivity index (χ4n) is 2.74. The number of hydrogen-bond donors (Lipinski definition) is 3. The molecule has 25 heavy (non-hydrogen) atoms. The van der Waals surface area contributed by atoms with Crippen LogP contribution in [0.1, 0.15) is 23.6 Å². The van der Waals surface area contributed by atoms with Crippen molar-refractivity contribution >= 4 is 17.6 Å². The number of aromatic nitrogens is 1. The molecule has 130 valence electrons. The summed E-state index contributed by atoms with van der Waals surface area (Å²) in [7, 11) is 0. The van der Waals surface area contributed by atoms with Crippen molar-refractivity contribution in [2.75, 3.05) is 18.5 Å². The molecule has 0 spiro atoms. The number of hydrogen-bond acceptors (Lipinski definition) is 4. The lowest BCUT2D eigenvalue weighted by molar-refractivity contribution is -0.115. The van der Waals surface area contributed by atoms with Crippen LogP contribution < -0.4 is 20.7 Å². The predicted molar refractivity (Wildman–Crippen MR) is 93.4 cm³/mol. The van der Waals surface area contributed by atoms with Crippen molar-refractivity contribution in [3.63, 3.8) is 0 Å². The number of aryl methyl sites for hydroxylation is 1. The number of nitrogens with one attached hydrogen (secondary N) is 3. The normalized spacial score (nSPS) is 15.5. The van der Waals surface area contributed by atoms with Gasteiger partial charge in [-0.05, 0) is 24.6 Å². The van der Waals surface area contributed by atoms with E-state index in [2.05, 4.69) is 20.9 Å². The zero-order chi connectivity index (χ0) is 17.6. The molecule has 2 heterocycles. The van der Waals surface area contributed by atoms with Crippen molar-refractivity contribution in [1.82, 2.24) is 15.6 Å². The zero-order valence-electron chi connectivity index (χ0n) is 13.9. The Bertz CT molecular complexity index is 764. The average molecular weight is 340 g/mol. The van der Waals surface area contributed by atoms with Gasteiger partial charge in [0.25, 0.3) is 0 Å². The Balaban J connectivity index is 1.52. The minimum Gasteiger partial charge on any atom is -0.493 e. The Morgan fingerprint density at radius 1 is 1.28 bits per heavy atom. The third kappa shape index (κ3) is 4.26. The zero-order valence-corrected chi connectivity index (χ0v) is 13.9. The van der Waals surface area contributed by atoms with Gasteiger partial charge < -0.3 is 20.7 Å². The molecule has 3 rings (SSSR count). The fraction of sp³-hybridized carbons (Fsp3) is 0.278. The number of rotatable bonds is 4. The van der Waals surface area contributed by atoms with E-state index in [0.29, 0.717) is 18.7 Å². The van der Waals surface area contributed by atoms with E-state index in [9.17, 15) is 9.59 Å². The molecular formula is C18H20N4O3. The van der Waals surface area contributed by atoms with E-state index >= 15 is 0 Å². The van der Waals surface area contributed by atoms with Crippen molar-refractivity contribution in [3.8, 4) is 5.75 Å². The van der Waals surface area contributed by atoms with Crippen LogP contribution in [0, 0.1) is 6.92 Å². The van der Waals surface area contributed by atoms with E-state index < -0.39 is 0 Å². The monoisotopic (exact) mass is 340 g/mol. The van der Waals surface area contributed by atoms with E-state index in [4.69, 9.17) is 4.74 Å². The largest absolute Gasteiger partial charge is 0.493 e. The van der Waals surface area contributed by atoms with Gasteiger partial charge in [0.15, 0.2) is 0 Å². The number of pyridine rings is 1. The van der Waals surface area contributed by atoms with Crippen LogP contribution in [0.2, 0.25) is 0 Å². The molecule has 0 bridgehead atoms. The quantitative estimate of drug-likeness (QED) is 0.795. The van der Waals surface area contributed by atoms with Crippen LogP contribution in [0.4, 0.5) is 10.5 Å². The van der Waals surface area contributed by atoms with Crippen LogP contribution in [0.25, 0.3) is 0 Å². The van der Waals surface area contributed by atoms with Crippen LogP contribution in [0.3, 0.4) is 0 Å². The molecule has 3 amide bonds. The summed E-state index contributed by atoms with van der Waals surface area (Å²) >= 11 is 0. The summed E-state index contributed by atoms with van der Waals surface area (Å²) in [5, 5.41) is 8.13. The van der Waals surface area contributed by atoms with E-state index in [1.165, 1.54) is 0 Å². The Labute approximate surface area is 145 Å². The smallest absolute Gasteiger partial charge is 0.315 e. The van der Waals surface area contributed by atoms with Crippen molar-refractivity contribution in [2.45, 2.75) is 19.4 Å². The number of amides is 3. The van der Waals surface area contributed by atoms with E-state index in [1.807, 2.05) is 25.1 Å². The van der Waals surface area contributed by atoms with Gasteiger partial charge in [-0.3, -0.25) is 9.78 Å². The maximum Gasteiger partial charge on any atom is 0.315 e. The molecule has 1 aromatic carbocycles. The highest BCUT2D eigenvalue weighted by molar-refractivity contribution is 5.94. The SMILES string of the molecule is Cc1cccc2c1OCC[C@@H]2NC(=O)NCC(=O)Nc1cccnc1. The maximum absolute atomic E-state index is 12.1. The predicted octanol–water partition coefficient (Wildman–Crippen LogP) is 2.15. The number of ether oxygens (including phenoxy) is 1. The third-order valence-electron chi connectivity index (χ3n) is 3.93. The topological polar surface area (TPSA) is 92.4 Å². The maximum atomic E-state index is 12.1. The molecule has 0 fully saturated rings. The highest BCUT2D eigenvalue weighted by Crippen LogP contribution is 2.34. The standard InChI is InChI=1S/C18H20N4O3/c1-12-4-2-6-14-15(7-9-25-17(12)14)22-18(24)20-11-16(23)21-13-5-3-8-19-10-13/h2-6,8,10,15H,7,9,11H2,1H3,(H,21,23)(H2,20,22,24)/t15-/m0/s1. The summed E-state index contributed by atoms with van der Waals surface area (Å²) in [6.07, 6.45) is 3.85. The van der Waals surface area contributed by atoms with Crippen LogP contribution in [-0.2, 0) is 4.79 Å². The van der Waals surface area contributed by atoms with Gasteiger partial charge in [-0.2, -0.15) is 0 Å². The number of anilines is 1. The highest BCUT2D eigenvalue weighted by Gasteiger charge is 2.24. The lowest BCUT2D eigenvalue weighted by atomic mass is 9.98. The van der Waals surface area contributed by atoms with Crippen molar-refractivity contribution in [1.29, 1.82) is 0 Å². The summed E-state index contributed by atoms with van der Waals surface area (Å²) in [5.41, 5.74) is 2.59. The van der Waals surface area contributed by atoms with Crippen LogP contribution >= 0.6 is 0 Å². The van der Waals surface area contributed by atoms with Gasteiger partial charge in [-0.25, -0.2) is 4.79 Å². The number of nitrogens with zero attached hydrogens (tertiary/aromatic N) is 1. The third-order valence-corrected chi connectivity index (χ3v) is 3.93. The number of urea groups is 1. The molecular weight excluding hydrogens is 320 g/mol. The van der Waals surface area contributed by atoms with E-state index in [0.717, 1.165) is 16.9 Å². The van der Waals surface area contributed by atoms with E-state index in [-0.39, 0.29) is 24.5 Å². The molecule has 0 saturated heterocycles. The molecule has 1 aromatic heterocycles. The molecule has 0 radical (unpaired) electrons. The Kier molecular flexibility index (Phi) is 5.13. The van der Waals surface area contributed by atoms with Gasteiger partial charge >= 0.3 is 6.03 Å². The molecule has 0 unspecified atom stereocenters. The Morgan fingerprint density at radius 2 is 2.16 bits per heavy atom. The first-order chi connectivity index (χ1) is 12.1. The molecule has 1 aliphatic rings. The molecule has 1 atom stereocenters. The lowest BCUT2D eigenvalue weighted by Gasteiger charge is -2.27. The molecule has 0 aliphatic carbocycles. The Morgan fingerprint density at radius 3 is 2.96 bits per heavy atom. The molecule has 7 nitrogen and oxygen atoms in total. The first-order valence-corrected chi connectivity index (χ1v) is 8.10. The summed E-state index contributed by atoms with van der Waals surface area (Å²) in [5.74, 6) is 0.514. The second kappa shape index (κ2) is 7.65. The number of para-hydroxylation sites is 1. The minimum absolute atomic E-state index is 0.120. The molecule has 2 aromatic rings. The number of carbonyl (C=O) groups is 2. The fourth-order valence-corrected chi connectivity index (χ4v) is 2.74. The highest BCUT2D eigenvalue weighted by atomic mass is 16.5. The summed E-state index contributed by atoms with van der Waals surface area (Å²) < 4.78 is 5.69. The number of fused-ring (bicyclic) bond motifs is 1. The van der Waals surface area contributed by atoms with Gasteiger partial charge in [0.1, 0.15) is 5.75 Å². The molecule has 0 saturated carbocycles. The molecule has 7 heteroatoms. The van der Waals surface area contributed by atoms with Crippen LogP contribution in [0.5, 0.6) is 5.75 Å². The van der Waals surface area contributed by atoms with Gasteiger partial charge in [-0.15, -0.1) is 0 Å². The van der Waals surface area contributed by atoms with Gasteiger partial charge in [0.2, 0.25) is 5.91 Å². The average Bonchev–Trinajstić information content (AvgIpc) is 2.62. The van der Waals surface area contributed by atoms with Gasteiger partial charge in [0.05, 0.1) is 31.1 Å². The lowest BCUT2D eigenvalue weighted by Crippen LogP contribution is -2.42. The second-order valence-electron chi connectivity index (χ2n) is 5.80.